The summed E-state index contributed by atoms with van der Waals surface area (Å²) in [6.45, 7) is 3.41. The molecule has 1 saturated heterocycles. The van der Waals surface area contributed by atoms with E-state index in [2.05, 4.69) is 0 Å². The molecule has 0 aromatic heterocycles. The fourth-order valence-electron chi connectivity index (χ4n) is 2.91. The number of methoxy groups -OCH3 is 3. The average molecular weight is 482 g/mol. The van der Waals surface area contributed by atoms with E-state index in [9.17, 15) is 15.0 Å². The van der Waals surface area contributed by atoms with Gasteiger partial charge in [0.25, 0.3) is 0 Å². The Morgan fingerprint density at radius 1 is 1.08 bits per heavy atom. The number of halogens is 1. The minimum Gasteiger partial charge on any atom is -0.492 e. The Bertz CT molecular complexity index is 665. The van der Waals surface area contributed by atoms with Crippen molar-refractivity contribution in [2.45, 2.75) is 44.6 Å². The summed E-state index contributed by atoms with van der Waals surface area (Å²) in [5, 5.41) is 20.6. The Balaban J connectivity index is 2.49. The van der Waals surface area contributed by atoms with Gasteiger partial charge in [0, 0.05) is 7.11 Å². The van der Waals surface area contributed by atoms with E-state index < -0.39 is 30.7 Å². The van der Waals surface area contributed by atoms with Crippen molar-refractivity contribution >= 4 is 28.9 Å². The Morgan fingerprint density at radius 3 is 2.19 bits per heavy atom. The molecule has 9 heteroatoms. The van der Waals surface area contributed by atoms with E-state index in [0.29, 0.717) is 21.0 Å². The molecule has 0 amide bonds. The number of aldehydes is 1. The molecule has 5 unspecified atom stereocenters. The third-order valence-corrected chi connectivity index (χ3v) is 5.70. The van der Waals surface area contributed by atoms with Gasteiger partial charge in [-0.3, -0.25) is 4.79 Å². The Labute approximate surface area is 165 Å². The maximum Gasteiger partial charge on any atom is 0.229 e. The van der Waals surface area contributed by atoms with Crippen molar-refractivity contribution in [2.75, 3.05) is 21.3 Å². The predicted octanol–water partition coefficient (Wildman–Crippen LogP) is 1.29. The molecule has 2 rings (SSSR count). The van der Waals surface area contributed by atoms with E-state index in [0.717, 1.165) is 0 Å². The topological polar surface area (TPSA) is 104 Å². The number of hydrogen-bond acceptors (Lipinski definition) is 8. The van der Waals surface area contributed by atoms with Crippen LogP contribution in [0.15, 0.2) is 0 Å². The monoisotopic (exact) mass is 482 g/mol. The number of ether oxygens (including phenoxy) is 5. The Hall–Kier alpha value is -1.14. The van der Waals surface area contributed by atoms with Gasteiger partial charge < -0.3 is 33.9 Å². The van der Waals surface area contributed by atoms with Gasteiger partial charge in [0.2, 0.25) is 12.0 Å². The standard InChI is InChI=1S/C17H23IO8/c1-7-9(6-19)13(22-3)16(24-5)14(10(7)18)26-17-12(21)15(23-4)11(20)8(2)25-17/h6,8,11-12,15,17,20-21H,1-5H3. The molecule has 1 heterocycles. The van der Waals surface area contributed by atoms with Crippen LogP contribution in [0.1, 0.15) is 22.8 Å². The average Bonchev–Trinajstić information content (AvgIpc) is 2.63. The fraction of sp³-hybridized carbons (Fsp3) is 0.588. The van der Waals surface area contributed by atoms with Crippen LogP contribution in [0.5, 0.6) is 17.2 Å². The normalized spacial score (nSPS) is 28.5. The minimum absolute atomic E-state index is 0.216. The minimum atomic E-state index is -1.23. The second kappa shape index (κ2) is 8.70. The molecular weight excluding hydrogens is 459 g/mol. The molecule has 1 aliphatic heterocycles. The number of aliphatic hydroxyl groups excluding tert-OH is 2. The van der Waals surface area contributed by atoms with Crippen LogP contribution in [-0.2, 0) is 9.47 Å². The molecule has 1 aliphatic rings. The van der Waals surface area contributed by atoms with Crippen LogP contribution in [0.25, 0.3) is 0 Å². The van der Waals surface area contributed by atoms with Crippen LogP contribution in [-0.4, -0.2) is 68.5 Å². The number of aliphatic hydroxyl groups is 2. The summed E-state index contributed by atoms with van der Waals surface area (Å²) in [6, 6.07) is 0. The van der Waals surface area contributed by atoms with Crippen LogP contribution in [0.4, 0.5) is 0 Å². The second-order valence-electron chi connectivity index (χ2n) is 5.88. The summed E-state index contributed by atoms with van der Waals surface area (Å²) < 4.78 is 28.0. The van der Waals surface area contributed by atoms with Gasteiger partial charge in [0.05, 0.1) is 29.5 Å². The van der Waals surface area contributed by atoms with Gasteiger partial charge >= 0.3 is 0 Å². The summed E-state index contributed by atoms with van der Waals surface area (Å²) >= 11 is 2.03. The lowest BCUT2D eigenvalue weighted by Gasteiger charge is -2.40. The smallest absolute Gasteiger partial charge is 0.229 e. The number of hydrogen-bond donors (Lipinski definition) is 2. The Morgan fingerprint density at radius 2 is 1.69 bits per heavy atom. The SMILES string of the molecule is COc1c(C=O)c(C)c(I)c(OC2OC(C)C(O)C(OC)C2O)c1OC. The molecule has 146 valence electrons. The van der Waals surface area contributed by atoms with Gasteiger partial charge in [-0.2, -0.15) is 0 Å². The van der Waals surface area contributed by atoms with E-state index in [4.69, 9.17) is 23.7 Å². The molecule has 0 bridgehead atoms. The number of benzene rings is 1. The highest BCUT2D eigenvalue weighted by Gasteiger charge is 2.45. The van der Waals surface area contributed by atoms with Crippen molar-refractivity contribution in [1.29, 1.82) is 0 Å². The first-order chi connectivity index (χ1) is 12.3. The van der Waals surface area contributed by atoms with Crippen molar-refractivity contribution in [1.82, 2.24) is 0 Å². The number of rotatable bonds is 6. The highest BCUT2D eigenvalue weighted by atomic mass is 127. The summed E-state index contributed by atoms with van der Waals surface area (Å²) in [7, 11) is 4.24. The molecule has 2 N–H and O–H groups in total. The lowest BCUT2D eigenvalue weighted by Crippen LogP contribution is -2.59. The maximum absolute atomic E-state index is 11.5. The molecule has 0 aliphatic carbocycles. The fourth-order valence-corrected chi connectivity index (χ4v) is 3.57. The summed E-state index contributed by atoms with van der Waals surface area (Å²) in [5.74, 6) is 0.723. The van der Waals surface area contributed by atoms with Gasteiger partial charge in [0.15, 0.2) is 17.8 Å². The number of carbonyl (C=O) groups excluding carboxylic acids is 1. The van der Waals surface area contributed by atoms with Gasteiger partial charge in [-0.25, -0.2) is 0 Å². The highest BCUT2D eigenvalue weighted by molar-refractivity contribution is 14.1. The van der Waals surface area contributed by atoms with E-state index in [-0.39, 0.29) is 17.2 Å². The van der Waals surface area contributed by atoms with Gasteiger partial charge in [-0.1, -0.05) is 0 Å². The van der Waals surface area contributed by atoms with Crippen molar-refractivity contribution in [3.8, 4) is 17.2 Å². The van der Waals surface area contributed by atoms with Crippen LogP contribution < -0.4 is 14.2 Å². The first-order valence-corrected chi connectivity index (χ1v) is 9.00. The molecule has 0 spiro atoms. The molecule has 1 fully saturated rings. The molecular formula is C17H23IO8. The zero-order chi connectivity index (χ0) is 19.6. The lowest BCUT2D eigenvalue weighted by atomic mass is 9.99. The van der Waals surface area contributed by atoms with Gasteiger partial charge in [-0.15, -0.1) is 0 Å². The first-order valence-electron chi connectivity index (χ1n) is 7.92. The van der Waals surface area contributed by atoms with Crippen LogP contribution in [0, 0.1) is 10.5 Å². The number of carbonyl (C=O) groups is 1. The molecule has 5 atom stereocenters. The summed E-state index contributed by atoms with van der Waals surface area (Å²) in [4.78, 5) is 11.5. The van der Waals surface area contributed by atoms with Gasteiger partial charge in [0.1, 0.15) is 18.3 Å². The molecule has 1 aromatic carbocycles. The first kappa shape index (κ1) is 21.2. The largest absolute Gasteiger partial charge is 0.492 e. The van der Waals surface area contributed by atoms with Crippen molar-refractivity contribution in [3.05, 3.63) is 14.7 Å². The van der Waals surface area contributed by atoms with E-state index in [1.165, 1.54) is 21.3 Å². The van der Waals surface area contributed by atoms with E-state index in [1.807, 2.05) is 22.6 Å². The maximum atomic E-state index is 11.5. The third-order valence-electron chi connectivity index (χ3n) is 4.40. The second-order valence-corrected chi connectivity index (χ2v) is 6.95. The van der Waals surface area contributed by atoms with E-state index in [1.54, 1.807) is 13.8 Å². The van der Waals surface area contributed by atoms with E-state index >= 15 is 0 Å². The highest BCUT2D eigenvalue weighted by Crippen LogP contribution is 2.46. The Kier molecular flexibility index (Phi) is 7.08. The van der Waals surface area contributed by atoms with Crippen molar-refractivity contribution < 1.29 is 38.7 Å². The van der Waals surface area contributed by atoms with Crippen molar-refractivity contribution in [3.63, 3.8) is 0 Å². The predicted molar refractivity (Wildman–Crippen MR) is 100 cm³/mol. The summed E-state index contributed by atoms with van der Waals surface area (Å²) in [5.41, 5.74) is 1.000. The van der Waals surface area contributed by atoms with Crippen LogP contribution >= 0.6 is 22.6 Å². The van der Waals surface area contributed by atoms with Crippen LogP contribution in [0.3, 0.4) is 0 Å². The molecule has 26 heavy (non-hydrogen) atoms. The molecule has 8 nitrogen and oxygen atoms in total. The quantitative estimate of drug-likeness (QED) is 0.462. The van der Waals surface area contributed by atoms with Crippen molar-refractivity contribution in [2.24, 2.45) is 0 Å². The summed E-state index contributed by atoms with van der Waals surface area (Å²) in [6.07, 6.45) is -4.13. The van der Waals surface area contributed by atoms with Gasteiger partial charge in [-0.05, 0) is 42.0 Å². The third kappa shape index (κ3) is 3.63. The zero-order valence-electron chi connectivity index (χ0n) is 15.2. The van der Waals surface area contributed by atoms with Crippen LogP contribution in [0.2, 0.25) is 0 Å². The molecule has 0 radical (unpaired) electrons. The molecule has 1 aromatic rings. The molecule has 0 saturated carbocycles. The lowest BCUT2D eigenvalue weighted by molar-refractivity contribution is -0.273. The zero-order valence-corrected chi connectivity index (χ0v) is 17.3.